The van der Waals surface area contributed by atoms with Crippen LogP contribution in [-0.4, -0.2) is 10.9 Å². The molecule has 3 aromatic rings. The predicted octanol–water partition coefficient (Wildman–Crippen LogP) is 6.35. The summed E-state index contributed by atoms with van der Waals surface area (Å²) in [7, 11) is 0. The molecule has 0 aliphatic heterocycles. The lowest BCUT2D eigenvalue weighted by Crippen LogP contribution is -2.07. The summed E-state index contributed by atoms with van der Waals surface area (Å²) in [6.07, 6.45) is 5.59. The first-order valence-electron chi connectivity index (χ1n) is 7.63. The van der Waals surface area contributed by atoms with Crippen molar-refractivity contribution in [1.82, 2.24) is 4.98 Å². The summed E-state index contributed by atoms with van der Waals surface area (Å²) < 4.78 is 0. The van der Waals surface area contributed by atoms with Crippen LogP contribution in [0.3, 0.4) is 0 Å². The third kappa shape index (κ3) is 5.32. The first-order chi connectivity index (χ1) is 12.5. The highest BCUT2D eigenvalue weighted by molar-refractivity contribution is 7.15. The summed E-state index contributed by atoms with van der Waals surface area (Å²) in [5.74, 6) is -0.240. The Hall–Kier alpha value is -1.85. The van der Waals surface area contributed by atoms with E-state index in [-0.39, 0.29) is 5.91 Å². The van der Waals surface area contributed by atoms with E-state index < -0.39 is 0 Å². The standard InChI is InChI=1S/C19H13Cl3N2OS/c20-14-5-1-12(2-6-14)4-8-18(25)24-19-23-11-15(26-19)9-13-3-7-16(21)17(22)10-13/h1-8,10-11H,9H2,(H,23,24,25). The Morgan fingerprint density at radius 3 is 2.58 bits per heavy atom. The Bertz CT molecular complexity index is 952. The lowest BCUT2D eigenvalue weighted by molar-refractivity contribution is -0.111. The second-order valence-corrected chi connectivity index (χ2v) is 7.80. The third-order valence-corrected chi connectivity index (χ3v) is 5.35. The zero-order chi connectivity index (χ0) is 18.5. The highest BCUT2D eigenvalue weighted by Gasteiger charge is 2.07. The summed E-state index contributed by atoms with van der Waals surface area (Å²) in [5.41, 5.74) is 1.92. The van der Waals surface area contributed by atoms with Crippen molar-refractivity contribution < 1.29 is 4.79 Å². The number of carbonyl (C=O) groups is 1. The van der Waals surface area contributed by atoms with Gasteiger partial charge in [0, 0.05) is 28.6 Å². The van der Waals surface area contributed by atoms with Crippen LogP contribution in [-0.2, 0) is 11.2 Å². The average Bonchev–Trinajstić information content (AvgIpc) is 3.04. The third-order valence-electron chi connectivity index (χ3n) is 3.44. The van der Waals surface area contributed by atoms with Crippen LogP contribution in [0.2, 0.25) is 15.1 Å². The van der Waals surface area contributed by atoms with Crippen LogP contribution in [0.4, 0.5) is 5.13 Å². The van der Waals surface area contributed by atoms with Crippen molar-refractivity contribution >= 4 is 63.3 Å². The number of hydrogen-bond acceptors (Lipinski definition) is 3. The molecule has 7 heteroatoms. The van der Waals surface area contributed by atoms with Gasteiger partial charge in [-0.05, 0) is 41.5 Å². The number of hydrogen-bond donors (Lipinski definition) is 1. The van der Waals surface area contributed by atoms with Gasteiger partial charge in [0.15, 0.2) is 5.13 Å². The largest absolute Gasteiger partial charge is 0.298 e. The minimum absolute atomic E-state index is 0.240. The molecular formula is C19H13Cl3N2OS. The Morgan fingerprint density at radius 1 is 1.08 bits per heavy atom. The number of rotatable bonds is 5. The van der Waals surface area contributed by atoms with Crippen LogP contribution in [0.15, 0.2) is 54.7 Å². The van der Waals surface area contributed by atoms with Crippen LogP contribution in [0.5, 0.6) is 0 Å². The van der Waals surface area contributed by atoms with Crippen LogP contribution >= 0.6 is 46.1 Å². The fourth-order valence-electron chi connectivity index (χ4n) is 2.19. The summed E-state index contributed by atoms with van der Waals surface area (Å²) in [4.78, 5) is 17.3. The summed E-state index contributed by atoms with van der Waals surface area (Å²) in [6.45, 7) is 0. The molecule has 3 nitrogen and oxygen atoms in total. The van der Waals surface area contributed by atoms with Crippen molar-refractivity contribution in [3.05, 3.63) is 85.8 Å². The molecule has 0 atom stereocenters. The van der Waals surface area contributed by atoms with E-state index in [0.29, 0.717) is 26.6 Å². The van der Waals surface area contributed by atoms with E-state index in [0.717, 1.165) is 16.0 Å². The molecule has 0 aliphatic rings. The van der Waals surface area contributed by atoms with E-state index in [2.05, 4.69) is 10.3 Å². The molecule has 2 aromatic carbocycles. The van der Waals surface area contributed by atoms with Crippen LogP contribution in [0.1, 0.15) is 16.0 Å². The lowest BCUT2D eigenvalue weighted by atomic mass is 10.1. The van der Waals surface area contributed by atoms with E-state index in [1.165, 1.54) is 17.4 Å². The summed E-state index contributed by atoms with van der Waals surface area (Å²) in [5, 5.41) is 5.01. The minimum Gasteiger partial charge on any atom is -0.298 e. The highest BCUT2D eigenvalue weighted by atomic mass is 35.5. The van der Waals surface area contributed by atoms with Gasteiger partial charge >= 0.3 is 0 Å². The van der Waals surface area contributed by atoms with Gasteiger partial charge in [-0.15, -0.1) is 11.3 Å². The molecule has 1 aromatic heterocycles. The number of thiazole rings is 1. The topological polar surface area (TPSA) is 42.0 Å². The van der Waals surface area contributed by atoms with Crippen molar-refractivity contribution in [2.24, 2.45) is 0 Å². The average molecular weight is 424 g/mol. The first-order valence-corrected chi connectivity index (χ1v) is 9.58. The van der Waals surface area contributed by atoms with E-state index in [4.69, 9.17) is 34.8 Å². The molecule has 0 saturated heterocycles. The molecule has 26 heavy (non-hydrogen) atoms. The van der Waals surface area contributed by atoms with Gasteiger partial charge in [0.2, 0.25) is 5.91 Å². The van der Waals surface area contributed by atoms with E-state index >= 15 is 0 Å². The van der Waals surface area contributed by atoms with Crippen molar-refractivity contribution in [3.63, 3.8) is 0 Å². The van der Waals surface area contributed by atoms with Gasteiger partial charge in [-0.2, -0.15) is 0 Å². The molecule has 0 bridgehead atoms. The van der Waals surface area contributed by atoms with E-state index in [9.17, 15) is 4.79 Å². The molecule has 3 rings (SSSR count). The van der Waals surface area contributed by atoms with Crippen LogP contribution < -0.4 is 5.32 Å². The molecular weight excluding hydrogens is 411 g/mol. The van der Waals surface area contributed by atoms with E-state index in [1.54, 1.807) is 30.5 Å². The molecule has 0 spiro atoms. The van der Waals surface area contributed by atoms with Gasteiger partial charge in [-0.25, -0.2) is 4.98 Å². The number of halogens is 3. The van der Waals surface area contributed by atoms with Crippen molar-refractivity contribution in [3.8, 4) is 0 Å². The Kier molecular flexibility index (Phi) is 6.33. The number of amides is 1. The molecule has 0 unspecified atom stereocenters. The SMILES string of the molecule is O=C(C=Cc1ccc(Cl)cc1)Nc1ncc(Cc2ccc(Cl)c(Cl)c2)s1. The second kappa shape index (κ2) is 8.69. The fraction of sp³-hybridized carbons (Fsp3) is 0.0526. The predicted molar refractivity (Wildman–Crippen MR) is 110 cm³/mol. The molecule has 0 aliphatic carbocycles. The van der Waals surface area contributed by atoms with Crippen LogP contribution in [0, 0.1) is 0 Å². The molecule has 1 amide bonds. The highest BCUT2D eigenvalue weighted by Crippen LogP contribution is 2.26. The monoisotopic (exact) mass is 422 g/mol. The number of anilines is 1. The number of carbonyl (C=O) groups excluding carboxylic acids is 1. The zero-order valence-electron chi connectivity index (χ0n) is 13.4. The molecule has 0 radical (unpaired) electrons. The number of nitrogens with one attached hydrogen (secondary N) is 1. The fourth-order valence-corrected chi connectivity index (χ4v) is 3.49. The van der Waals surface area contributed by atoms with Crippen LogP contribution in [0.25, 0.3) is 6.08 Å². The zero-order valence-corrected chi connectivity index (χ0v) is 16.5. The summed E-state index contributed by atoms with van der Waals surface area (Å²) in [6, 6.07) is 12.7. The van der Waals surface area contributed by atoms with E-state index in [1.807, 2.05) is 24.3 Å². The number of benzene rings is 2. The molecule has 1 N–H and O–H groups in total. The summed E-state index contributed by atoms with van der Waals surface area (Å²) >= 11 is 19.2. The maximum absolute atomic E-state index is 12.0. The molecule has 0 saturated carbocycles. The van der Waals surface area contributed by atoms with Gasteiger partial charge in [0.1, 0.15) is 0 Å². The maximum atomic E-state index is 12.0. The Balaban J connectivity index is 1.59. The van der Waals surface area contributed by atoms with Gasteiger partial charge < -0.3 is 0 Å². The molecule has 0 fully saturated rings. The second-order valence-electron chi connectivity index (χ2n) is 5.43. The smallest absolute Gasteiger partial charge is 0.250 e. The van der Waals surface area contributed by atoms with Gasteiger partial charge in [0.25, 0.3) is 0 Å². The van der Waals surface area contributed by atoms with Gasteiger partial charge in [-0.3, -0.25) is 10.1 Å². The Morgan fingerprint density at radius 2 is 1.85 bits per heavy atom. The van der Waals surface area contributed by atoms with Gasteiger partial charge in [0.05, 0.1) is 10.0 Å². The van der Waals surface area contributed by atoms with Gasteiger partial charge in [-0.1, -0.05) is 53.0 Å². The number of aromatic nitrogens is 1. The van der Waals surface area contributed by atoms with Crippen molar-refractivity contribution in [1.29, 1.82) is 0 Å². The lowest BCUT2D eigenvalue weighted by Gasteiger charge is -2.01. The Labute approximate surface area is 170 Å². The molecule has 1 heterocycles. The maximum Gasteiger partial charge on any atom is 0.250 e. The first kappa shape index (κ1) is 18.9. The normalized spacial score (nSPS) is 11.0. The number of nitrogens with zero attached hydrogens (tertiary/aromatic N) is 1. The van der Waals surface area contributed by atoms with Crippen molar-refractivity contribution in [2.45, 2.75) is 6.42 Å². The minimum atomic E-state index is -0.240. The quantitative estimate of drug-likeness (QED) is 0.486. The molecule has 132 valence electrons. The van der Waals surface area contributed by atoms with Crippen molar-refractivity contribution in [2.75, 3.05) is 5.32 Å².